The number of piperidine rings is 1. The minimum absolute atomic E-state index is 0.206. The molecule has 1 fully saturated rings. The molecule has 1 aliphatic heterocycles. The first kappa shape index (κ1) is 17.5. The van der Waals surface area contributed by atoms with Crippen molar-refractivity contribution in [3.8, 4) is 0 Å². The number of allylic oxidation sites excluding steroid dienone is 4. The first-order valence-corrected chi connectivity index (χ1v) is 9.52. The molecule has 3 heterocycles. The van der Waals surface area contributed by atoms with Gasteiger partial charge in [-0.1, -0.05) is 17.4 Å². The van der Waals surface area contributed by atoms with Gasteiger partial charge < -0.3 is 15.4 Å². The molecule has 0 spiro atoms. The summed E-state index contributed by atoms with van der Waals surface area (Å²) in [6.45, 7) is 1.90. The highest BCUT2D eigenvalue weighted by molar-refractivity contribution is 7.20. The molecule has 0 bridgehead atoms. The van der Waals surface area contributed by atoms with Crippen LogP contribution in [0.15, 0.2) is 34.4 Å². The van der Waals surface area contributed by atoms with E-state index in [9.17, 15) is 9.59 Å². The van der Waals surface area contributed by atoms with Gasteiger partial charge >= 0.3 is 0 Å². The first-order chi connectivity index (χ1) is 13.1. The van der Waals surface area contributed by atoms with E-state index in [0.717, 1.165) is 31.1 Å². The van der Waals surface area contributed by atoms with E-state index in [4.69, 9.17) is 10.5 Å². The van der Waals surface area contributed by atoms with Gasteiger partial charge in [0.2, 0.25) is 15.9 Å². The van der Waals surface area contributed by atoms with E-state index in [2.05, 4.69) is 15.0 Å². The standard InChI is InChI=1S/C18H19N5O3S/c1-26-14-10-11(5-6-13(14)24)9-12-15(19)23-17(20-16(12)25)27-18(21-23)22-7-3-2-4-8-22/h5-6,9-10H,2-4,7-8,19H2,1H3. The number of anilines is 2. The van der Waals surface area contributed by atoms with Crippen LogP contribution in [-0.2, 0) is 9.53 Å². The fourth-order valence-electron chi connectivity index (χ4n) is 3.16. The molecule has 9 heteroatoms. The van der Waals surface area contributed by atoms with E-state index >= 15 is 0 Å². The number of nitrogen functional groups attached to an aromatic ring is 1. The van der Waals surface area contributed by atoms with Gasteiger partial charge in [0.1, 0.15) is 5.82 Å². The normalized spacial score (nSPS) is 19.0. The van der Waals surface area contributed by atoms with Crippen LogP contribution in [0, 0.1) is 0 Å². The summed E-state index contributed by atoms with van der Waals surface area (Å²) in [5.41, 5.74) is 6.68. The van der Waals surface area contributed by atoms with Crippen LogP contribution in [-0.4, -0.2) is 40.6 Å². The third-order valence-electron chi connectivity index (χ3n) is 4.61. The Morgan fingerprint density at radius 3 is 2.74 bits per heavy atom. The smallest absolute Gasteiger partial charge is 0.283 e. The van der Waals surface area contributed by atoms with Gasteiger partial charge in [0.15, 0.2) is 5.76 Å². The number of ketones is 1. The van der Waals surface area contributed by atoms with Gasteiger partial charge in [-0.15, -0.1) is 5.10 Å². The molecule has 2 N–H and O–H groups in total. The van der Waals surface area contributed by atoms with Crippen molar-refractivity contribution in [3.63, 3.8) is 0 Å². The molecule has 1 saturated heterocycles. The lowest BCUT2D eigenvalue weighted by atomic mass is 10.0. The molecule has 2 aliphatic rings. The Kier molecular flexibility index (Phi) is 4.53. The Morgan fingerprint density at radius 2 is 2.00 bits per heavy atom. The number of carbonyl (C=O) groups is 1. The maximum absolute atomic E-state index is 12.5. The van der Waals surface area contributed by atoms with Crippen molar-refractivity contribution in [2.45, 2.75) is 19.3 Å². The van der Waals surface area contributed by atoms with E-state index in [-0.39, 0.29) is 22.9 Å². The van der Waals surface area contributed by atoms with Gasteiger partial charge in [0.25, 0.3) is 5.56 Å². The second-order valence-corrected chi connectivity index (χ2v) is 7.33. The fourth-order valence-corrected chi connectivity index (χ4v) is 4.11. The zero-order valence-electron chi connectivity index (χ0n) is 14.8. The Bertz CT molecular complexity index is 1060. The van der Waals surface area contributed by atoms with Crippen molar-refractivity contribution in [2.24, 2.45) is 0 Å². The van der Waals surface area contributed by atoms with Gasteiger partial charge in [-0.25, -0.2) is 0 Å². The molecule has 8 nitrogen and oxygen atoms in total. The second-order valence-electron chi connectivity index (χ2n) is 6.40. The van der Waals surface area contributed by atoms with E-state index in [1.165, 1.54) is 35.5 Å². The molecule has 2 aromatic heterocycles. The number of hydrogen-bond donors (Lipinski definition) is 1. The average Bonchev–Trinajstić information content (AvgIpc) is 3.11. The highest BCUT2D eigenvalue weighted by atomic mass is 32.1. The molecule has 0 saturated carbocycles. The zero-order chi connectivity index (χ0) is 19.0. The monoisotopic (exact) mass is 385 g/mol. The highest BCUT2D eigenvalue weighted by Crippen LogP contribution is 2.27. The lowest BCUT2D eigenvalue weighted by Crippen LogP contribution is -2.29. The fraction of sp³-hybridized carbons (Fsp3) is 0.333. The van der Waals surface area contributed by atoms with Crippen molar-refractivity contribution in [3.05, 3.63) is 45.5 Å². The molecular formula is C18H19N5O3S. The predicted octanol–water partition coefficient (Wildman–Crippen LogP) is 1.78. The minimum Gasteiger partial charge on any atom is -0.493 e. The Balaban J connectivity index is 1.77. The lowest BCUT2D eigenvalue weighted by molar-refractivity contribution is -0.114. The van der Waals surface area contributed by atoms with Crippen molar-refractivity contribution in [1.29, 1.82) is 0 Å². The van der Waals surface area contributed by atoms with Crippen molar-refractivity contribution < 1.29 is 9.53 Å². The van der Waals surface area contributed by atoms with Gasteiger partial charge in [0, 0.05) is 13.1 Å². The van der Waals surface area contributed by atoms with Gasteiger partial charge in [0.05, 0.1) is 12.7 Å². The van der Waals surface area contributed by atoms with Crippen LogP contribution in [0.2, 0.25) is 0 Å². The molecule has 0 amide bonds. The average molecular weight is 385 g/mol. The topological polar surface area (TPSA) is 103 Å². The maximum Gasteiger partial charge on any atom is 0.283 e. The molecule has 140 valence electrons. The third-order valence-corrected chi connectivity index (χ3v) is 5.58. The molecule has 0 atom stereocenters. The summed E-state index contributed by atoms with van der Waals surface area (Å²) >= 11 is 1.37. The quantitative estimate of drug-likeness (QED) is 0.859. The second kappa shape index (κ2) is 6.99. The summed E-state index contributed by atoms with van der Waals surface area (Å²) < 4.78 is 6.56. The van der Waals surface area contributed by atoms with Crippen molar-refractivity contribution in [2.75, 3.05) is 30.8 Å². The van der Waals surface area contributed by atoms with Gasteiger partial charge in [-0.2, -0.15) is 9.50 Å². The van der Waals surface area contributed by atoms with Crippen LogP contribution < -0.4 is 16.2 Å². The SMILES string of the molecule is COC1=CC(=Cc2c(N)n3nc(N4CCCCC4)sc3nc2=O)C=CC1=O. The number of ether oxygens (including phenoxy) is 1. The molecule has 4 rings (SSSR count). The molecular weight excluding hydrogens is 366 g/mol. The number of aromatic nitrogens is 3. The number of nitrogens with two attached hydrogens (primary N) is 1. The van der Waals surface area contributed by atoms with Crippen molar-refractivity contribution in [1.82, 2.24) is 14.6 Å². The summed E-state index contributed by atoms with van der Waals surface area (Å²) in [6.07, 6.45) is 9.65. The summed E-state index contributed by atoms with van der Waals surface area (Å²) in [4.78, 5) is 31.0. The maximum atomic E-state index is 12.5. The Hall–Kier alpha value is -2.94. The Morgan fingerprint density at radius 1 is 1.22 bits per heavy atom. The predicted molar refractivity (Wildman–Crippen MR) is 105 cm³/mol. The van der Waals surface area contributed by atoms with E-state index < -0.39 is 5.56 Å². The summed E-state index contributed by atoms with van der Waals surface area (Å²) in [6, 6.07) is 0. The van der Waals surface area contributed by atoms with Crippen LogP contribution >= 0.6 is 11.3 Å². The van der Waals surface area contributed by atoms with E-state index in [0.29, 0.717) is 10.5 Å². The van der Waals surface area contributed by atoms with Crippen LogP contribution in [0.3, 0.4) is 0 Å². The van der Waals surface area contributed by atoms with Crippen LogP contribution in [0.1, 0.15) is 24.8 Å². The van der Waals surface area contributed by atoms with Gasteiger partial charge in [-0.05, 0) is 43.1 Å². The highest BCUT2D eigenvalue weighted by Gasteiger charge is 2.19. The largest absolute Gasteiger partial charge is 0.493 e. The summed E-state index contributed by atoms with van der Waals surface area (Å²) in [5, 5.41) is 5.39. The van der Waals surface area contributed by atoms with E-state index in [1.807, 2.05) is 0 Å². The third kappa shape index (κ3) is 3.25. The van der Waals surface area contributed by atoms with Crippen LogP contribution in [0.25, 0.3) is 11.0 Å². The molecule has 0 aromatic carbocycles. The number of methoxy groups -OCH3 is 1. The van der Waals surface area contributed by atoms with E-state index in [1.54, 1.807) is 18.2 Å². The van der Waals surface area contributed by atoms with Crippen molar-refractivity contribution >= 4 is 39.1 Å². The van der Waals surface area contributed by atoms with Gasteiger partial charge in [-0.3, -0.25) is 9.59 Å². The number of fused-ring (bicyclic) bond motifs is 1. The number of nitrogens with zero attached hydrogens (tertiary/aromatic N) is 4. The Labute approximate surface area is 159 Å². The van der Waals surface area contributed by atoms with Crippen LogP contribution in [0.4, 0.5) is 10.9 Å². The lowest BCUT2D eigenvalue weighted by Gasteiger charge is -2.25. The summed E-state index contributed by atoms with van der Waals surface area (Å²) in [5.74, 6) is 0.214. The molecule has 0 radical (unpaired) electrons. The summed E-state index contributed by atoms with van der Waals surface area (Å²) in [7, 11) is 1.43. The molecule has 27 heavy (non-hydrogen) atoms. The molecule has 2 aromatic rings. The first-order valence-electron chi connectivity index (χ1n) is 8.71. The number of hydrogen-bond acceptors (Lipinski definition) is 8. The number of carbonyl (C=O) groups excluding carboxylic acids is 1. The zero-order valence-corrected chi connectivity index (χ0v) is 15.7. The molecule has 1 aliphatic carbocycles. The van der Waals surface area contributed by atoms with Crippen LogP contribution in [0.5, 0.6) is 0 Å². The number of rotatable bonds is 3. The minimum atomic E-state index is -0.425. The molecule has 0 unspecified atom stereocenters.